The Kier molecular flexibility index (Phi) is 4.05. The molecule has 1 aliphatic rings. The highest BCUT2D eigenvalue weighted by atomic mass is 35.5. The van der Waals surface area contributed by atoms with Gasteiger partial charge in [0.2, 0.25) is 0 Å². The van der Waals surface area contributed by atoms with Gasteiger partial charge in [0, 0.05) is 30.6 Å². The van der Waals surface area contributed by atoms with Crippen molar-refractivity contribution in [1.82, 2.24) is 5.32 Å². The first-order valence-corrected chi connectivity index (χ1v) is 6.26. The van der Waals surface area contributed by atoms with Crippen LogP contribution in [-0.2, 0) is 4.74 Å². The number of nitrogens with one attached hydrogen (secondary N) is 1. The summed E-state index contributed by atoms with van der Waals surface area (Å²) in [5.41, 5.74) is 0.410. The van der Waals surface area contributed by atoms with E-state index < -0.39 is 5.60 Å². The maximum Gasteiger partial charge on any atom is 0.103 e. The smallest absolute Gasteiger partial charge is 0.103 e. The summed E-state index contributed by atoms with van der Waals surface area (Å²) in [4.78, 5) is 0. The molecular formula is C13H18ClNO2. The second-order valence-electron chi connectivity index (χ2n) is 4.68. The number of hydrogen-bond acceptors (Lipinski definition) is 3. The Balaban J connectivity index is 1.91. The van der Waals surface area contributed by atoms with Crippen LogP contribution < -0.4 is 5.32 Å². The summed E-state index contributed by atoms with van der Waals surface area (Å²) in [7, 11) is 0. The zero-order chi connectivity index (χ0) is 12.3. The number of benzene rings is 1. The van der Waals surface area contributed by atoms with Crippen molar-refractivity contribution in [3.63, 3.8) is 0 Å². The molecule has 4 heteroatoms. The zero-order valence-corrected chi connectivity index (χ0v) is 10.7. The Hall–Kier alpha value is -0.610. The van der Waals surface area contributed by atoms with Crippen molar-refractivity contribution < 1.29 is 9.84 Å². The number of hydrogen-bond donors (Lipinski definition) is 2. The van der Waals surface area contributed by atoms with Crippen LogP contribution in [0.4, 0.5) is 0 Å². The van der Waals surface area contributed by atoms with E-state index in [0.717, 1.165) is 10.6 Å². The van der Waals surface area contributed by atoms with Crippen LogP contribution in [0.1, 0.15) is 24.9 Å². The SMILES string of the molecule is CC(NCC1(O)CCOC1)c1cccc(Cl)c1. The molecule has 1 aliphatic heterocycles. The molecule has 0 aliphatic carbocycles. The molecule has 2 rings (SSSR count). The summed E-state index contributed by atoms with van der Waals surface area (Å²) in [6.07, 6.45) is 0.697. The molecule has 1 aromatic carbocycles. The second kappa shape index (κ2) is 5.36. The Morgan fingerprint density at radius 3 is 3.06 bits per heavy atom. The van der Waals surface area contributed by atoms with Crippen LogP contribution in [-0.4, -0.2) is 30.5 Å². The predicted octanol–water partition coefficient (Wildman–Crippen LogP) is 2.14. The average Bonchev–Trinajstić information content (AvgIpc) is 2.74. The maximum absolute atomic E-state index is 10.1. The molecule has 0 bridgehead atoms. The molecule has 0 amide bonds. The third-order valence-corrected chi connectivity index (χ3v) is 3.40. The van der Waals surface area contributed by atoms with E-state index in [1.54, 1.807) is 0 Å². The van der Waals surface area contributed by atoms with Gasteiger partial charge in [-0.15, -0.1) is 0 Å². The van der Waals surface area contributed by atoms with Crippen LogP contribution in [0.5, 0.6) is 0 Å². The molecule has 2 atom stereocenters. The first-order valence-electron chi connectivity index (χ1n) is 5.88. The number of ether oxygens (including phenoxy) is 1. The van der Waals surface area contributed by atoms with Gasteiger partial charge in [-0.05, 0) is 24.6 Å². The van der Waals surface area contributed by atoms with Gasteiger partial charge >= 0.3 is 0 Å². The number of halogens is 1. The summed E-state index contributed by atoms with van der Waals surface area (Å²) >= 11 is 5.95. The summed E-state index contributed by atoms with van der Waals surface area (Å²) in [5.74, 6) is 0. The molecule has 94 valence electrons. The molecule has 0 spiro atoms. The van der Waals surface area contributed by atoms with Crippen LogP contribution in [0.2, 0.25) is 5.02 Å². The lowest BCUT2D eigenvalue weighted by Gasteiger charge is -2.24. The molecule has 3 nitrogen and oxygen atoms in total. The maximum atomic E-state index is 10.1. The van der Waals surface area contributed by atoms with Crippen molar-refractivity contribution in [1.29, 1.82) is 0 Å². The zero-order valence-electron chi connectivity index (χ0n) is 9.95. The molecule has 1 aromatic rings. The van der Waals surface area contributed by atoms with Gasteiger partial charge in [-0.25, -0.2) is 0 Å². The molecule has 2 N–H and O–H groups in total. The van der Waals surface area contributed by atoms with Gasteiger partial charge in [0.05, 0.1) is 6.61 Å². The number of aliphatic hydroxyl groups is 1. The van der Waals surface area contributed by atoms with Crippen molar-refractivity contribution >= 4 is 11.6 Å². The van der Waals surface area contributed by atoms with Gasteiger partial charge in [-0.1, -0.05) is 23.7 Å². The molecular weight excluding hydrogens is 238 g/mol. The van der Waals surface area contributed by atoms with Gasteiger partial charge in [0.25, 0.3) is 0 Å². The van der Waals surface area contributed by atoms with Crippen molar-refractivity contribution in [2.45, 2.75) is 25.0 Å². The third kappa shape index (κ3) is 3.42. The molecule has 0 saturated carbocycles. The van der Waals surface area contributed by atoms with E-state index in [2.05, 4.69) is 12.2 Å². The van der Waals surface area contributed by atoms with Gasteiger partial charge in [0.1, 0.15) is 5.60 Å². The lowest BCUT2D eigenvalue weighted by molar-refractivity contribution is 0.0252. The topological polar surface area (TPSA) is 41.5 Å². The van der Waals surface area contributed by atoms with Crippen LogP contribution in [0.3, 0.4) is 0 Å². The quantitative estimate of drug-likeness (QED) is 0.866. The number of rotatable bonds is 4. The fourth-order valence-corrected chi connectivity index (χ4v) is 2.17. The summed E-state index contributed by atoms with van der Waals surface area (Å²) in [6.45, 7) is 3.66. The predicted molar refractivity (Wildman–Crippen MR) is 68.3 cm³/mol. The van der Waals surface area contributed by atoms with Gasteiger partial charge in [-0.2, -0.15) is 0 Å². The van der Waals surface area contributed by atoms with Gasteiger partial charge < -0.3 is 15.2 Å². The normalized spacial score (nSPS) is 26.1. The molecule has 1 saturated heterocycles. The Labute approximate surface area is 107 Å². The lowest BCUT2D eigenvalue weighted by Crippen LogP contribution is -2.41. The fourth-order valence-electron chi connectivity index (χ4n) is 1.97. The minimum absolute atomic E-state index is 0.165. The third-order valence-electron chi connectivity index (χ3n) is 3.17. The molecule has 17 heavy (non-hydrogen) atoms. The van der Waals surface area contributed by atoms with E-state index in [0.29, 0.717) is 26.2 Å². The van der Waals surface area contributed by atoms with E-state index in [4.69, 9.17) is 16.3 Å². The van der Waals surface area contributed by atoms with Crippen LogP contribution in [0, 0.1) is 0 Å². The van der Waals surface area contributed by atoms with Crippen LogP contribution in [0.25, 0.3) is 0 Å². The molecule has 1 fully saturated rings. The highest BCUT2D eigenvalue weighted by Gasteiger charge is 2.32. The summed E-state index contributed by atoms with van der Waals surface area (Å²) in [5, 5.41) is 14.2. The fraction of sp³-hybridized carbons (Fsp3) is 0.538. The van der Waals surface area contributed by atoms with Crippen LogP contribution in [0.15, 0.2) is 24.3 Å². The first-order chi connectivity index (χ1) is 8.09. The second-order valence-corrected chi connectivity index (χ2v) is 5.12. The monoisotopic (exact) mass is 255 g/mol. The Morgan fingerprint density at radius 2 is 2.41 bits per heavy atom. The van der Waals surface area contributed by atoms with E-state index in [1.165, 1.54) is 0 Å². The molecule has 2 unspecified atom stereocenters. The van der Waals surface area contributed by atoms with Crippen molar-refractivity contribution in [2.75, 3.05) is 19.8 Å². The Morgan fingerprint density at radius 1 is 1.59 bits per heavy atom. The van der Waals surface area contributed by atoms with Crippen molar-refractivity contribution in [3.8, 4) is 0 Å². The van der Waals surface area contributed by atoms with E-state index in [9.17, 15) is 5.11 Å². The van der Waals surface area contributed by atoms with Gasteiger partial charge in [0.15, 0.2) is 0 Å². The highest BCUT2D eigenvalue weighted by Crippen LogP contribution is 2.21. The lowest BCUT2D eigenvalue weighted by atomic mass is 10.0. The Bertz CT molecular complexity index is 377. The first kappa shape index (κ1) is 12.8. The van der Waals surface area contributed by atoms with Crippen molar-refractivity contribution in [2.24, 2.45) is 0 Å². The summed E-state index contributed by atoms with van der Waals surface area (Å²) in [6, 6.07) is 7.92. The molecule has 0 aromatic heterocycles. The molecule has 1 heterocycles. The van der Waals surface area contributed by atoms with Crippen LogP contribution >= 0.6 is 11.6 Å². The standard InChI is InChI=1S/C13H18ClNO2/c1-10(11-3-2-4-12(14)7-11)15-8-13(16)5-6-17-9-13/h2-4,7,10,15-16H,5-6,8-9H2,1H3. The largest absolute Gasteiger partial charge is 0.386 e. The average molecular weight is 256 g/mol. The van der Waals surface area contributed by atoms with E-state index in [1.807, 2.05) is 24.3 Å². The van der Waals surface area contributed by atoms with Gasteiger partial charge in [-0.3, -0.25) is 0 Å². The highest BCUT2D eigenvalue weighted by molar-refractivity contribution is 6.30. The minimum atomic E-state index is -0.715. The van der Waals surface area contributed by atoms with E-state index >= 15 is 0 Å². The summed E-state index contributed by atoms with van der Waals surface area (Å²) < 4.78 is 5.21. The minimum Gasteiger partial charge on any atom is -0.386 e. The van der Waals surface area contributed by atoms with Crippen molar-refractivity contribution in [3.05, 3.63) is 34.9 Å². The molecule has 0 radical (unpaired) electrons. The van der Waals surface area contributed by atoms with E-state index in [-0.39, 0.29) is 6.04 Å².